The number of carbonyl (C=O) groups is 1. The molecule has 0 aliphatic heterocycles. The molecule has 1 amide bonds. The number of rotatable bonds is 6. The summed E-state index contributed by atoms with van der Waals surface area (Å²) < 4.78 is 0. The van der Waals surface area contributed by atoms with Crippen LogP contribution < -0.4 is 10.6 Å². The van der Waals surface area contributed by atoms with Crippen LogP contribution in [0.3, 0.4) is 0 Å². The van der Waals surface area contributed by atoms with Gasteiger partial charge < -0.3 is 10.6 Å². The number of anilines is 1. The third kappa shape index (κ3) is 5.03. The number of nitrogens with zero attached hydrogens (tertiary/aromatic N) is 1. The number of carbonyl (C=O) groups excluding carboxylic acids is 1. The number of benzene rings is 1. The van der Waals surface area contributed by atoms with Gasteiger partial charge in [-0.25, -0.2) is 0 Å². The molecule has 0 aliphatic carbocycles. The lowest BCUT2D eigenvalue weighted by atomic mass is 10.0. The van der Waals surface area contributed by atoms with Crippen molar-refractivity contribution < 1.29 is 4.79 Å². The molecule has 2 atom stereocenters. The quantitative estimate of drug-likeness (QED) is 0.856. The SMILES string of the molecule is Cc1ccc(N(C)C(=O)C(C)CCCC(C)N)cc1. The van der Waals surface area contributed by atoms with Gasteiger partial charge in [-0.1, -0.05) is 31.0 Å². The number of hydrogen-bond acceptors (Lipinski definition) is 2. The van der Waals surface area contributed by atoms with Crippen molar-refractivity contribution in [1.29, 1.82) is 0 Å². The molecule has 0 saturated carbocycles. The first-order chi connectivity index (χ1) is 8.91. The Balaban J connectivity index is 2.53. The summed E-state index contributed by atoms with van der Waals surface area (Å²) in [5, 5.41) is 0. The van der Waals surface area contributed by atoms with E-state index in [0.29, 0.717) is 0 Å². The van der Waals surface area contributed by atoms with Crippen molar-refractivity contribution >= 4 is 11.6 Å². The molecule has 0 saturated heterocycles. The first kappa shape index (κ1) is 15.7. The van der Waals surface area contributed by atoms with Crippen molar-refractivity contribution in [2.45, 2.75) is 46.1 Å². The van der Waals surface area contributed by atoms with Crippen LogP contribution in [0.5, 0.6) is 0 Å². The monoisotopic (exact) mass is 262 g/mol. The van der Waals surface area contributed by atoms with Crippen molar-refractivity contribution in [3.63, 3.8) is 0 Å². The summed E-state index contributed by atoms with van der Waals surface area (Å²) in [5.41, 5.74) is 7.88. The summed E-state index contributed by atoms with van der Waals surface area (Å²) in [6, 6.07) is 8.25. The Morgan fingerprint density at radius 2 is 1.79 bits per heavy atom. The molecule has 0 aliphatic rings. The molecule has 0 bridgehead atoms. The van der Waals surface area contributed by atoms with Gasteiger partial charge in [-0.3, -0.25) is 4.79 Å². The molecule has 2 N–H and O–H groups in total. The molecule has 3 heteroatoms. The van der Waals surface area contributed by atoms with Crippen LogP contribution in [0, 0.1) is 12.8 Å². The molecule has 0 heterocycles. The molecule has 19 heavy (non-hydrogen) atoms. The maximum atomic E-state index is 12.3. The van der Waals surface area contributed by atoms with Crippen LogP contribution in [-0.4, -0.2) is 19.0 Å². The summed E-state index contributed by atoms with van der Waals surface area (Å²) >= 11 is 0. The van der Waals surface area contributed by atoms with E-state index >= 15 is 0 Å². The van der Waals surface area contributed by atoms with Crippen molar-refractivity contribution in [3.05, 3.63) is 29.8 Å². The van der Waals surface area contributed by atoms with Gasteiger partial charge in [-0.05, 0) is 38.8 Å². The molecule has 2 unspecified atom stereocenters. The zero-order valence-corrected chi connectivity index (χ0v) is 12.5. The molecule has 1 rings (SSSR count). The summed E-state index contributed by atoms with van der Waals surface area (Å²) in [4.78, 5) is 14.0. The first-order valence-electron chi connectivity index (χ1n) is 7.01. The van der Waals surface area contributed by atoms with Crippen molar-refractivity contribution in [2.24, 2.45) is 11.7 Å². The van der Waals surface area contributed by atoms with Crippen LogP contribution in [0.4, 0.5) is 5.69 Å². The van der Waals surface area contributed by atoms with Gasteiger partial charge in [0.15, 0.2) is 0 Å². The van der Waals surface area contributed by atoms with Crippen molar-refractivity contribution in [3.8, 4) is 0 Å². The molecule has 0 aromatic heterocycles. The Kier molecular flexibility index (Phi) is 6.03. The van der Waals surface area contributed by atoms with Gasteiger partial charge in [-0.2, -0.15) is 0 Å². The average molecular weight is 262 g/mol. The van der Waals surface area contributed by atoms with Crippen LogP contribution in [0.15, 0.2) is 24.3 Å². The standard InChI is InChI=1S/C16H26N2O/c1-12-8-10-15(11-9-12)18(4)16(19)13(2)6-5-7-14(3)17/h8-11,13-14H,5-7,17H2,1-4H3. The third-order valence-electron chi connectivity index (χ3n) is 3.47. The van der Waals surface area contributed by atoms with Crippen LogP contribution in [0.25, 0.3) is 0 Å². The van der Waals surface area contributed by atoms with Gasteiger partial charge >= 0.3 is 0 Å². The smallest absolute Gasteiger partial charge is 0.229 e. The molecular formula is C16H26N2O. The maximum absolute atomic E-state index is 12.3. The second kappa shape index (κ2) is 7.29. The molecule has 1 aromatic carbocycles. The van der Waals surface area contributed by atoms with E-state index in [1.54, 1.807) is 4.90 Å². The Labute approximate surface area is 116 Å². The predicted molar refractivity (Wildman–Crippen MR) is 81.3 cm³/mol. The van der Waals surface area contributed by atoms with Gasteiger partial charge in [0.05, 0.1) is 0 Å². The Bertz CT molecular complexity index is 398. The van der Waals surface area contributed by atoms with Crippen molar-refractivity contribution in [1.82, 2.24) is 0 Å². The largest absolute Gasteiger partial charge is 0.328 e. The highest BCUT2D eigenvalue weighted by Gasteiger charge is 2.18. The minimum atomic E-state index is 0.0463. The number of amides is 1. The number of nitrogens with two attached hydrogens (primary N) is 1. The van der Waals surface area contributed by atoms with Gasteiger partial charge in [0.25, 0.3) is 0 Å². The van der Waals surface area contributed by atoms with Crippen molar-refractivity contribution in [2.75, 3.05) is 11.9 Å². The number of aryl methyl sites for hydroxylation is 1. The molecular weight excluding hydrogens is 236 g/mol. The highest BCUT2D eigenvalue weighted by molar-refractivity contribution is 5.94. The molecule has 106 valence electrons. The summed E-state index contributed by atoms with van der Waals surface area (Å²) in [5.74, 6) is 0.221. The minimum Gasteiger partial charge on any atom is -0.328 e. The van der Waals surface area contributed by atoms with Gasteiger partial charge in [0.2, 0.25) is 5.91 Å². The number of hydrogen-bond donors (Lipinski definition) is 1. The van der Waals surface area contributed by atoms with E-state index < -0.39 is 0 Å². The van der Waals surface area contributed by atoms with E-state index in [0.717, 1.165) is 24.9 Å². The highest BCUT2D eigenvalue weighted by atomic mass is 16.2. The van der Waals surface area contributed by atoms with E-state index in [2.05, 4.69) is 0 Å². The topological polar surface area (TPSA) is 46.3 Å². The lowest BCUT2D eigenvalue weighted by Crippen LogP contribution is -2.31. The molecule has 3 nitrogen and oxygen atoms in total. The van der Waals surface area contributed by atoms with Crippen LogP contribution in [0.1, 0.15) is 38.7 Å². The fraction of sp³-hybridized carbons (Fsp3) is 0.562. The van der Waals surface area contributed by atoms with Gasteiger partial charge in [-0.15, -0.1) is 0 Å². The van der Waals surface area contributed by atoms with E-state index in [4.69, 9.17) is 5.73 Å². The second-order valence-electron chi connectivity index (χ2n) is 5.54. The van der Waals surface area contributed by atoms with E-state index in [9.17, 15) is 4.79 Å². The maximum Gasteiger partial charge on any atom is 0.229 e. The zero-order valence-electron chi connectivity index (χ0n) is 12.5. The van der Waals surface area contributed by atoms with E-state index in [1.807, 2.05) is 52.1 Å². The predicted octanol–water partition coefficient (Wildman–Crippen LogP) is 3.11. The molecule has 0 fully saturated rings. The van der Waals surface area contributed by atoms with Crippen LogP contribution in [0.2, 0.25) is 0 Å². The summed E-state index contributed by atoms with van der Waals surface area (Å²) in [6.07, 6.45) is 2.88. The zero-order chi connectivity index (χ0) is 14.4. The lowest BCUT2D eigenvalue weighted by Gasteiger charge is -2.22. The van der Waals surface area contributed by atoms with Gasteiger partial charge in [0, 0.05) is 24.7 Å². The normalized spacial score (nSPS) is 13.9. The van der Waals surface area contributed by atoms with Crippen LogP contribution in [-0.2, 0) is 4.79 Å². The summed E-state index contributed by atoms with van der Waals surface area (Å²) in [6.45, 7) is 6.04. The Hall–Kier alpha value is -1.35. The van der Waals surface area contributed by atoms with E-state index in [-0.39, 0.29) is 17.9 Å². The molecule has 1 aromatic rings. The fourth-order valence-corrected chi connectivity index (χ4v) is 2.10. The minimum absolute atomic E-state index is 0.0463. The lowest BCUT2D eigenvalue weighted by molar-refractivity contribution is -0.121. The first-order valence-corrected chi connectivity index (χ1v) is 7.01. The average Bonchev–Trinajstić information content (AvgIpc) is 2.37. The Morgan fingerprint density at radius 1 is 1.21 bits per heavy atom. The molecule has 0 radical (unpaired) electrons. The van der Waals surface area contributed by atoms with Crippen LogP contribution >= 0.6 is 0 Å². The third-order valence-corrected chi connectivity index (χ3v) is 3.47. The molecule has 0 spiro atoms. The second-order valence-corrected chi connectivity index (χ2v) is 5.54. The van der Waals surface area contributed by atoms with E-state index in [1.165, 1.54) is 5.56 Å². The van der Waals surface area contributed by atoms with Gasteiger partial charge in [0.1, 0.15) is 0 Å². The fourth-order valence-electron chi connectivity index (χ4n) is 2.10. The Morgan fingerprint density at radius 3 is 2.32 bits per heavy atom. The highest BCUT2D eigenvalue weighted by Crippen LogP contribution is 2.18. The summed E-state index contributed by atoms with van der Waals surface area (Å²) in [7, 11) is 1.84.